The summed E-state index contributed by atoms with van der Waals surface area (Å²) in [5.74, 6) is 1.62. The van der Waals surface area contributed by atoms with Crippen LogP contribution in [0.15, 0.2) is 77.5 Å². The molecule has 0 atom stereocenters. The van der Waals surface area contributed by atoms with Gasteiger partial charge in [-0.15, -0.1) is 0 Å². The Kier molecular flexibility index (Phi) is 3.55. The second kappa shape index (κ2) is 5.85. The standard InChI is InChI=1S/C18H12BrN3O/c19-14-11-20-18-10-17(21-22(18)12-14)13-6-8-16(9-7-13)23-15-4-2-1-3-5-15/h1-12H. The Morgan fingerprint density at radius 2 is 1.65 bits per heavy atom. The van der Waals surface area contributed by atoms with Crippen molar-refractivity contribution in [1.29, 1.82) is 0 Å². The molecule has 112 valence electrons. The molecule has 0 aliphatic carbocycles. The molecular weight excluding hydrogens is 354 g/mol. The first-order chi connectivity index (χ1) is 11.3. The lowest BCUT2D eigenvalue weighted by atomic mass is 10.1. The zero-order valence-corrected chi connectivity index (χ0v) is 13.6. The predicted octanol–water partition coefficient (Wildman–Crippen LogP) is 4.95. The van der Waals surface area contributed by atoms with Gasteiger partial charge in [-0.25, -0.2) is 9.50 Å². The summed E-state index contributed by atoms with van der Waals surface area (Å²) in [4.78, 5) is 4.33. The molecule has 0 saturated carbocycles. The zero-order valence-electron chi connectivity index (χ0n) is 12.1. The van der Waals surface area contributed by atoms with E-state index in [1.165, 1.54) is 0 Å². The van der Waals surface area contributed by atoms with Gasteiger partial charge in [-0.3, -0.25) is 0 Å². The van der Waals surface area contributed by atoms with Gasteiger partial charge in [-0.2, -0.15) is 5.10 Å². The lowest BCUT2D eigenvalue weighted by Gasteiger charge is -2.05. The summed E-state index contributed by atoms with van der Waals surface area (Å²) in [6.45, 7) is 0. The van der Waals surface area contributed by atoms with Gasteiger partial charge in [-0.1, -0.05) is 18.2 Å². The van der Waals surface area contributed by atoms with Crippen LogP contribution in [0.5, 0.6) is 11.5 Å². The number of ether oxygens (including phenoxy) is 1. The van der Waals surface area contributed by atoms with Crippen LogP contribution in [0.3, 0.4) is 0 Å². The summed E-state index contributed by atoms with van der Waals surface area (Å²) < 4.78 is 8.45. The number of aromatic nitrogens is 3. The van der Waals surface area contributed by atoms with Crippen LogP contribution < -0.4 is 4.74 Å². The maximum atomic E-state index is 5.80. The normalized spacial score (nSPS) is 10.8. The summed E-state index contributed by atoms with van der Waals surface area (Å²) in [5, 5.41) is 4.54. The molecular formula is C18H12BrN3O. The van der Waals surface area contributed by atoms with Gasteiger partial charge in [0.1, 0.15) is 11.5 Å². The molecule has 0 fully saturated rings. The van der Waals surface area contributed by atoms with Crippen LogP contribution in [-0.2, 0) is 0 Å². The first kappa shape index (κ1) is 14.0. The van der Waals surface area contributed by atoms with Crippen molar-refractivity contribution in [3.05, 3.63) is 77.5 Å². The minimum absolute atomic E-state index is 0.796. The molecule has 0 unspecified atom stereocenters. The Morgan fingerprint density at radius 3 is 2.43 bits per heavy atom. The Morgan fingerprint density at radius 1 is 0.913 bits per heavy atom. The summed E-state index contributed by atoms with van der Waals surface area (Å²) in [6.07, 6.45) is 3.65. The van der Waals surface area contributed by atoms with Crippen LogP contribution in [0.4, 0.5) is 0 Å². The van der Waals surface area contributed by atoms with Gasteiger partial charge in [0.2, 0.25) is 0 Å². The lowest BCUT2D eigenvalue weighted by molar-refractivity contribution is 0.483. The second-order valence-electron chi connectivity index (χ2n) is 5.04. The second-order valence-corrected chi connectivity index (χ2v) is 5.96. The average molecular weight is 366 g/mol. The van der Waals surface area contributed by atoms with Crippen molar-refractivity contribution >= 4 is 21.6 Å². The van der Waals surface area contributed by atoms with Crippen LogP contribution in [0.1, 0.15) is 0 Å². The van der Waals surface area contributed by atoms with Crippen molar-refractivity contribution < 1.29 is 4.74 Å². The van der Waals surface area contributed by atoms with Gasteiger partial charge in [0.05, 0.1) is 10.2 Å². The quantitative estimate of drug-likeness (QED) is 0.515. The number of rotatable bonds is 3. The number of para-hydroxylation sites is 1. The van der Waals surface area contributed by atoms with Gasteiger partial charge in [0.25, 0.3) is 0 Å². The van der Waals surface area contributed by atoms with E-state index in [-0.39, 0.29) is 0 Å². The number of benzene rings is 2. The molecule has 2 aromatic carbocycles. The SMILES string of the molecule is Brc1cnc2cc(-c3ccc(Oc4ccccc4)cc3)nn2c1. The van der Waals surface area contributed by atoms with E-state index in [1.54, 1.807) is 10.7 Å². The van der Waals surface area contributed by atoms with Gasteiger partial charge < -0.3 is 4.74 Å². The van der Waals surface area contributed by atoms with Gasteiger partial charge in [0, 0.05) is 24.0 Å². The van der Waals surface area contributed by atoms with E-state index < -0.39 is 0 Å². The number of nitrogens with zero attached hydrogens (tertiary/aromatic N) is 3. The molecule has 0 bridgehead atoms. The third kappa shape index (κ3) is 2.96. The fourth-order valence-electron chi connectivity index (χ4n) is 2.31. The molecule has 0 aliphatic rings. The number of halogens is 1. The molecule has 0 spiro atoms. The minimum atomic E-state index is 0.796. The molecule has 4 rings (SSSR count). The Bertz CT molecular complexity index is 949. The van der Waals surface area contributed by atoms with E-state index >= 15 is 0 Å². The van der Waals surface area contributed by atoms with Crippen LogP contribution >= 0.6 is 15.9 Å². The molecule has 4 aromatic rings. The fraction of sp³-hybridized carbons (Fsp3) is 0. The van der Waals surface area contributed by atoms with Gasteiger partial charge >= 0.3 is 0 Å². The van der Waals surface area contributed by atoms with Crippen molar-refractivity contribution in [2.45, 2.75) is 0 Å². The van der Waals surface area contributed by atoms with Gasteiger partial charge in [-0.05, 0) is 52.3 Å². The van der Waals surface area contributed by atoms with Crippen LogP contribution in [0.2, 0.25) is 0 Å². The summed E-state index contributed by atoms with van der Waals surface area (Å²) in [6, 6.07) is 19.6. The Labute approximate surface area is 141 Å². The topological polar surface area (TPSA) is 39.4 Å². The maximum Gasteiger partial charge on any atom is 0.155 e. The summed E-state index contributed by atoms with van der Waals surface area (Å²) in [5.41, 5.74) is 2.71. The van der Waals surface area contributed by atoms with E-state index in [9.17, 15) is 0 Å². The fourth-order valence-corrected chi connectivity index (χ4v) is 2.61. The molecule has 2 aromatic heterocycles. The highest BCUT2D eigenvalue weighted by molar-refractivity contribution is 9.10. The van der Waals surface area contributed by atoms with Crippen LogP contribution in [0, 0.1) is 0 Å². The first-order valence-corrected chi connectivity index (χ1v) is 7.91. The van der Waals surface area contributed by atoms with E-state index in [0.29, 0.717) is 0 Å². The van der Waals surface area contributed by atoms with Crippen molar-refractivity contribution in [2.24, 2.45) is 0 Å². The molecule has 4 nitrogen and oxygen atoms in total. The van der Waals surface area contributed by atoms with Crippen molar-refractivity contribution in [3.63, 3.8) is 0 Å². The average Bonchev–Trinajstić information content (AvgIpc) is 2.99. The molecule has 0 amide bonds. The third-order valence-electron chi connectivity index (χ3n) is 3.41. The largest absolute Gasteiger partial charge is 0.457 e. The molecule has 0 radical (unpaired) electrons. The number of hydrogen-bond donors (Lipinski definition) is 0. The smallest absolute Gasteiger partial charge is 0.155 e. The number of hydrogen-bond acceptors (Lipinski definition) is 3. The summed E-state index contributed by atoms with van der Waals surface area (Å²) in [7, 11) is 0. The molecule has 2 heterocycles. The van der Waals surface area contributed by atoms with E-state index in [1.807, 2.05) is 66.9 Å². The van der Waals surface area contributed by atoms with Crippen molar-refractivity contribution in [2.75, 3.05) is 0 Å². The van der Waals surface area contributed by atoms with Crippen LogP contribution in [-0.4, -0.2) is 14.6 Å². The first-order valence-electron chi connectivity index (χ1n) is 7.12. The van der Waals surface area contributed by atoms with Crippen molar-refractivity contribution in [1.82, 2.24) is 14.6 Å². The molecule has 0 aliphatic heterocycles. The zero-order chi connectivity index (χ0) is 15.6. The summed E-state index contributed by atoms with van der Waals surface area (Å²) >= 11 is 3.40. The highest BCUT2D eigenvalue weighted by Gasteiger charge is 2.06. The molecule has 23 heavy (non-hydrogen) atoms. The molecule has 0 N–H and O–H groups in total. The number of fused-ring (bicyclic) bond motifs is 1. The van der Waals surface area contributed by atoms with Crippen LogP contribution in [0.25, 0.3) is 16.9 Å². The van der Waals surface area contributed by atoms with E-state index in [0.717, 1.165) is 32.9 Å². The minimum Gasteiger partial charge on any atom is -0.457 e. The van der Waals surface area contributed by atoms with Gasteiger partial charge in [0.15, 0.2) is 5.65 Å². The maximum absolute atomic E-state index is 5.80. The Balaban J connectivity index is 1.61. The van der Waals surface area contributed by atoms with E-state index in [2.05, 4.69) is 26.0 Å². The monoisotopic (exact) mass is 365 g/mol. The highest BCUT2D eigenvalue weighted by Crippen LogP contribution is 2.25. The lowest BCUT2D eigenvalue weighted by Crippen LogP contribution is -1.89. The highest BCUT2D eigenvalue weighted by atomic mass is 79.9. The van der Waals surface area contributed by atoms with Crippen molar-refractivity contribution in [3.8, 4) is 22.8 Å². The molecule has 0 saturated heterocycles. The third-order valence-corrected chi connectivity index (χ3v) is 3.82. The molecule has 5 heteroatoms. The Hall–Kier alpha value is -2.66. The predicted molar refractivity (Wildman–Crippen MR) is 92.6 cm³/mol. The van der Waals surface area contributed by atoms with E-state index in [4.69, 9.17) is 4.74 Å².